The molecule has 0 fully saturated rings. The van der Waals surface area contributed by atoms with Crippen molar-refractivity contribution < 1.29 is 0 Å². The normalized spacial score (nSPS) is 12.1. The van der Waals surface area contributed by atoms with Crippen LogP contribution in [0.15, 0.2) is 48.7 Å². The van der Waals surface area contributed by atoms with E-state index >= 15 is 0 Å². The van der Waals surface area contributed by atoms with Gasteiger partial charge in [-0.25, -0.2) is 4.98 Å². The van der Waals surface area contributed by atoms with Crippen molar-refractivity contribution in [2.45, 2.75) is 39.4 Å². The van der Waals surface area contributed by atoms with Crippen LogP contribution in [0, 0.1) is 0 Å². The number of pyridine rings is 1. The first kappa shape index (κ1) is 15.5. The van der Waals surface area contributed by atoms with Crippen molar-refractivity contribution in [3.05, 3.63) is 59.8 Å². The molecular formula is C18H25N3. The lowest BCUT2D eigenvalue weighted by atomic mass is 10.2. The molecule has 1 aromatic carbocycles. The van der Waals surface area contributed by atoms with Crippen LogP contribution in [0.1, 0.15) is 31.4 Å². The van der Waals surface area contributed by atoms with Gasteiger partial charge >= 0.3 is 0 Å². The monoisotopic (exact) mass is 283 g/mol. The molecule has 0 amide bonds. The summed E-state index contributed by atoms with van der Waals surface area (Å²) in [6, 6.07) is 15.2. The van der Waals surface area contributed by atoms with Crippen LogP contribution in [0.2, 0.25) is 0 Å². The van der Waals surface area contributed by atoms with Crippen LogP contribution < -0.4 is 10.2 Å². The van der Waals surface area contributed by atoms with Gasteiger partial charge in [-0.3, -0.25) is 0 Å². The molecule has 0 aliphatic rings. The predicted molar refractivity (Wildman–Crippen MR) is 89.4 cm³/mol. The molecule has 0 saturated heterocycles. The molecule has 0 spiro atoms. The highest BCUT2D eigenvalue weighted by atomic mass is 15.2. The summed E-state index contributed by atoms with van der Waals surface area (Å²) in [5.41, 5.74) is 2.54. The molecule has 1 atom stereocenters. The zero-order chi connectivity index (χ0) is 15.1. The van der Waals surface area contributed by atoms with Gasteiger partial charge in [-0.1, -0.05) is 43.3 Å². The van der Waals surface area contributed by atoms with Crippen LogP contribution >= 0.6 is 0 Å². The summed E-state index contributed by atoms with van der Waals surface area (Å²) >= 11 is 0. The van der Waals surface area contributed by atoms with Crippen LogP contribution in [0.5, 0.6) is 0 Å². The Morgan fingerprint density at radius 1 is 1.14 bits per heavy atom. The molecule has 1 aromatic heterocycles. The van der Waals surface area contributed by atoms with E-state index < -0.39 is 0 Å². The standard InChI is InChI=1S/C18H25N3/c1-4-15(2)20-13-17-11-8-12-19-18(17)21(3)14-16-9-6-5-7-10-16/h5-12,15,20H,4,13-14H2,1-3H3/t15-/m1/s1. The minimum atomic E-state index is 0.525. The molecule has 2 rings (SSSR count). The van der Waals surface area contributed by atoms with Crippen molar-refractivity contribution in [3.8, 4) is 0 Å². The number of hydrogen-bond acceptors (Lipinski definition) is 3. The number of hydrogen-bond donors (Lipinski definition) is 1. The van der Waals surface area contributed by atoms with Crippen molar-refractivity contribution in [2.24, 2.45) is 0 Å². The van der Waals surface area contributed by atoms with E-state index in [0.29, 0.717) is 6.04 Å². The maximum atomic E-state index is 4.56. The molecule has 0 bridgehead atoms. The van der Waals surface area contributed by atoms with Gasteiger partial charge < -0.3 is 10.2 Å². The Labute approximate surface area is 128 Å². The molecule has 21 heavy (non-hydrogen) atoms. The number of nitrogens with one attached hydrogen (secondary N) is 1. The van der Waals surface area contributed by atoms with E-state index in [1.165, 1.54) is 11.1 Å². The summed E-state index contributed by atoms with van der Waals surface area (Å²) in [6.45, 7) is 6.14. The van der Waals surface area contributed by atoms with Gasteiger partial charge in [0.05, 0.1) is 0 Å². The van der Waals surface area contributed by atoms with Crippen molar-refractivity contribution in [2.75, 3.05) is 11.9 Å². The third-order valence-corrected chi connectivity index (χ3v) is 3.74. The largest absolute Gasteiger partial charge is 0.355 e. The molecule has 0 unspecified atom stereocenters. The van der Waals surface area contributed by atoms with Crippen molar-refractivity contribution in [3.63, 3.8) is 0 Å². The third kappa shape index (κ3) is 4.57. The Bertz CT molecular complexity index is 539. The Kier molecular flexibility index (Phi) is 5.76. The average molecular weight is 283 g/mol. The number of aromatic nitrogens is 1. The molecule has 112 valence electrons. The maximum Gasteiger partial charge on any atom is 0.133 e. The number of rotatable bonds is 7. The minimum Gasteiger partial charge on any atom is -0.355 e. The van der Waals surface area contributed by atoms with Crippen molar-refractivity contribution >= 4 is 5.82 Å². The first-order chi connectivity index (χ1) is 10.2. The molecule has 1 heterocycles. The highest BCUT2D eigenvalue weighted by Crippen LogP contribution is 2.18. The Balaban J connectivity index is 2.08. The Morgan fingerprint density at radius 2 is 1.90 bits per heavy atom. The second-order valence-corrected chi connectivity index (χ2v) is 5.52. The van der Waals surface area contributed by atoms with E-state index in [2.05, 4.69) is 66.4 Å². The lowest BCUT2D eigenvalue weighted by Crippen LogP contribution is -2.26. The van der Waals surface area contributed by atoms with Crippen LogP contribution in [0.25, 0.3) is 0 Å². The molecule has 2 aromatic rings. The fraction of sp³-hybridized carbons (Fsp3) is 0.389. The fourth-order valence-electron chi connectivity index (χ4n) is 2.27. The van der Waals surface area contributed by atoms with Gasteiger partial charge in [0.25, 0.3) is 0 Å². The predicted octanol–water partition coefficient (Wildman–Crippen LogP) is 3.61. The van der Waals surface area contributed by atoms with E-state index in [1.807, 2.05) is 18.3 Å². The molecule has 0 aliphatic heterocycles. The smallest absolute Gasteiger partial charge is 0.133 e. The molecule has 0 saturated carbocycles. The summed E-state index contributed by atoms with van der Waals surface area (Å²) in [6.07, 6.45) is 3.00. The summed E-state index contributed by atoms with van der Waals surface area (Å²) in [4.78, 5) is 6.78. The first-order valence-electron chi connectivity index (χ1n) is 7.63. The molecule has 0 radical (unpaired) electrons. The van der Waals surface area contributed by atoms with E-state index in [-0.39, 0.29) is 0 Å². The Hall–Kier alpha value is -1.87. The van der Waals surface area contributed by atoms with E-state index in [1.54, 1.807) is 0 Å². The van der Waals surface area contributed by atoms with Crippen molar-refractivity contribution in [1.82, 2.24) is 10.3 Å². The fourth-order valence-corrected chi connectivity index (χ4v) is 2.27. The summed E-state index contributed by atoms with van der Waals surface area (Å²) < 4.78 is 0. The molecule has 1 N–H and O–H groups in total. The van der Waals surface area contributed by atoms with Gasteiger partial charge in [0.15, 0.2) is 0 Å². The van der Waals surface area contributed by atoms with Crippen LogP contribution in [0.4, 0.5) is 5.82 Å². The highest BCUT2D eigenvalue weighted by Gasteiger charge is 2.09. The van der Waals surface area contributed by atoms with Crippen LogP contribution in [-0.2, 0) is 13.1 Å². The molecule has 0 aliphatic carbocycles. The SMILES string of the molecule is CC[C@@H](C)NCc1cccnc1N(C)Cc1ccccc1. The number of anilines is 1. The first-order valence-corrected chi connectivity index (χ1v) is 7.63. The zero-order valence-corrected chi connectivity index (χ0v) is 13.2. The number of nitrogens with zero attached hydrogens (tertiary/aromatic N) is 2. The van der Waals surface area contributed by atoms with Gasteiger partial charge in [0.2, 0.25) is 0 Å². The van der Waals surface area contributed by atoms with Crippen LogP contribution in [-0.4, -0.2) is 18.1 Å². The lowest BCUT2D eigenvalue weighted by Gasteiger charge is -2.22. The van der Waals surface area contributed by atoms with Crippen LogP contribution in [0.3, 0.4) is 0 Å². The van der Waals surface area contributed by atoms with E-state index in [0.717, 1.165) is 25.3 Å². The molecule has 3 heteroatoms. The van der Waals surface area contributed by atoms with Gasteiger partial charge in [-0.15, -0.1) is 0 Å². The van der Waals surface area contributed by atoms with Gasteiger partial charge in [0.1, 0.15) is 5.82 Å². The quantitative estimate of drug-likeness (QED) is 0.841. The highest BCUT2D eigenvalue weighted by molar-refractivity contribution is 5.46. The number of benzene rings is 1. The molecular weight excluding hydrogens is 258 g/mol. The van der Waals surface area contributed by atoms with Crippen molar-refractivity contribution in [1.29, 1.82) is 0 Å². The third-order valence-electron chi connectivity index (χ3n) is 3.74. The lowest BCUT2D eigenvalue weighted by molar-refractivity contribution is 0.533. The molecule has 3 nitrogen and oxygen atoms in total. The van der Waals surface area contributed by atoms with Gasteiger partial charge in [-0.05, 0) is 25.0 Å². The topological polar surface area (TPSA) is 28.2 Å². The second kappa shape index (κ2) is 7.79. The Morgan fingerprint density at radius 3 is 2.62 bits per heavy atom. The summed E-state index contributed by atoms with van der Waals surface area (Å²) in [5.74, 6) is 1.05. The van der Waals surface area contributed by atoms with E-state index in [4.69, 9.17) is 0 Å². The van der Waals surface area contributed by atoms with Gasteiger partial charge in [0, 0.05) is 37.9 Å². The van der Waals surface area contributed by atoms with E-state index in [9.17, 15) is 0 Å². The average Bonchev–Trinajstić information content (AvgIpc) is 2.53. The summed E-state index contributed by atoms with van der Waals surface area (Å²) in [7, 11) is 2.10. The zero-order valence-electron chi connectivity index (χ0n) is 13.2. The minimum absolute atomic E-state index is 0.525. The van der Waals surface area contributed by atoms with Gasteiger partial charge in [-0.2, -0.15) is 0 Å². The maximum absolute atomic E-state index is 4.56. The second-order valence-electron chi connectivity index (χ2n) is 5.52. The summed E-state index contributed by atoms with van der Waals surface area (Å²) in [5, 5.41) is 3.54.